The van der Waals surface area contributed by atoms with Crippen molar-refractivity contribution in [2.45, 2.75) is 32.5 Å². The van der Waals surface area contributed by atoms with E-state index < -0.39 is 23.3 Å². The number of para-hydroxylation sites is 1. The molecule has 158 valence electrons. The maximum Gasteiger partial charge on any atom is 0.416 e. The van der Waals surface area contributed by atoms with Gasteiger partial charge in [-0.1, -0.05) is 18.7 Å². The summed E-state index contributed by atoms with van der Waals surface area (Å²) in [5, 5.41) is 8.31. The maximum absolute atomic E-state index is 12.8. The van der Waals surface area contributed by atoms with Crippen LogP contribution in [0.3, 0.4) is 0 Å². The fourth-order valence-electron chi connectivity index (χ4n) is 2.80. The van der Waals surface area contributed by atoms with Crippen molar-refractivity contribution in [3.8, 4) is 5.69 Å². The highest BCUT2D eigenvalue weighted by atomic mass is 19.4. The molecule has 0 aliphatic carbocycles. The van der Waals surface area contributed by atoms with Crippen molar-refractivity contribution >= 4 is 22.7 Å². The first-order chi connectivity index (χ1) is 14.0. The lowest BCUT2D eigenvalue weighted by Gasteiger charge is -2.20. The van der Waals surface area contributed by atoms with Crippen molar-refractivity contribution in [3.05, 3.63) is 66.2 Å². The van der Waals surface area contributed by atoms with Gasteiger partial charge in [0.2, 0.25) is 0 Å². The Morgan fingerprint density at radius 3 is 2.33 bits per heavy atom. The normalized spacial score (nSPS) is 12.1. The minimum Gasteiger partial charge on any atom is -0.457 e. The second kappa shape index (κ2) is 7.85. The molecule has 8 heteroatoms. The van der Waals surface area contributed by atoms with Crippen LogP contribution in [0, 0.1) is 0 Å². The van der Waals surface area contributed by atoms with Gasteiger partial charge >= 0.3 is 12.1 Å². The number of hydrogen-bond donors (Lipinski definition) is 1. The number of nitrogens with zero attached hydrogens (tertiary/aromatic N) is 2. The van der Waals surface area contributed by atoms with Crippen LogP contribution in [0.5, 0.6) is 0 Å². The molecule has 3 aromatic rings. The zero-order chi connectivity index (χ0) is 22.1. The Kier molecular flexibility index (Phi) is 5.61. The molecule has 30 heavy (non-hydrogen) atoms. The van der Waals surface area contributed by atoms with Gasteiger partial charge in [0.05, 0.1) is 16.8 Å². The number of esters is 1. The average Bonchev–Trinajstić information content (AvgIpc) is 3.03. The molecule has 2 aromatic carbocycles. The minimum atomic E-state index is -4.40. The second-order valence-electron chi connectivity index (χ2n) is 7.78. The topological polar surface area (TPSA) is 56.2 Å². The first-order valence-corrected chi connectivity index (χ1v) is 9.26. The molecule has 0 amide bonds. The molecule has 1 N–H and O–H groups in total. The third-order valence-corrected chi connectivity index (χ3v) is 4.18. The van der Waals surface area contributed by atoms with Crippen molar-refractivity contribution in [2.75, 3.05) is 11.9 Å². The Morgan fingerprint density at radius 1 is 1.10 bits per heavy atom. The van der Waals surface area contributed by atoms with Gasteiger partial charge in [0.1, 0.15) is 5.60 Å². The van der Waals surface area contributed by atoms with Gasteiger partial charge in [-0.15, -0.1) is 5.10 Å². The number of aromatic nitrogens is 2. The van der Waals surface area contributed by atoms with E-state index >= 15 is 0 Å². The summed E-state index contributed by atoms with van der Waals surface area (Å²) in [5.74, 6) is -0.0308. The number of hydrogen-bond acceptors (Lipinski definition) is 4. The number of halogens is 3. The van der Waals surface area contributed by atoms with E-state index in [1.165, 1.54) is 12.1 Å². The van der Waals surface area contributed by atoms with E-state index in [4.69, 9.17) is 4.74 Å². The molecule has 3 rings (SSSR count). The molecule has 0 radical (unpaired) electrons. The molecule has 0 atom stereocenters. The predicted octanol–water partition coefficient (Wildman–Crippen LogP) is 5.35. The summed E-state index contributed by atoms with van der Waals surface area (Å²) in [5.41, 5.74) is 0.0744. The first-order valence-electron chi connectivity index (χ1n) is 9.26. The predicted molar refractivity (Wildman–Crippen MR) is 110 cm³/mol. The molecule has 0 bridgehead atoms. The van der Waals surface area contributed by atoms with Gasteiger partial charge in [-0.3, -0.25) is 0 Å². The molecule has 1 heterocycles. The monoisotopic (exact) mass is 417 g/mol. The molecule has 0 aliphatic rings. The van der Waals surface area contributed by atoms with Gasteiger partial charge in [0.25, 0.3) is 0 Å². The SMILES string of the molecule is C=C(CNc1nn(-c2ccc(C(F)(F)F)cc2)c2ccccc12)C(=O)OC(C)(C)C. The lowest BCUT2D eigenvalue weighted by molar-refractivity contribution is -0.149. The number of anilines is 1. The lowest BCUT2D eigenvalue weighted by atomic mass is 10.2. The summed E-state index contributed by atoms with van der Waals surface area (Å²) in [6.45, 7) is 9.17. The number of benzene rings is 2. The zero-order valence-corrected chi connectivity index (χ0v) is 16.9. The molecule has 0 unspecified atom stereocenters. The molecule has 0 spiro atoms. The smallest absolute Gasteiger partial charge is 0.416 e. The van der Waals surface area contributed by atoms with Crippen LogP contribution in [-0.2, 0) is 15.7 Å². The number of alkyl halides is 3. The Labute approximate surface area is 172 Å². The minimum absolute atomic E-state index is 0.114. The summed E-state index contributed by atoms with van der Waals surface area (Å²) in [6, 6.07) is 12.1. The van der Waals surface area contributed by atoms with Crippen LogP contribution in [0.25, 0.3) is 16.6 Å². The van der Waals surface area contributed by atoms with E-state index in [0.717, 1.165) is 17.5 Å². The summed E-state index contributed by atoms with van der Waals surface area (Å²) in [6.07, 6.45) is -4.40. The van der Waals surface area contributed by atoms with Gasteiger partial charge in [0, 0.05) is 17.5 Å². The third-order valence-electron chi connectivity index (χ3n) is 4.18. The van der Waals surface area contributed by atoms with Gasteiger partial charge in [0.15, 0.2) is 5.82 Å². The van der Waals surface area contributed by atoms with Gasteiger partial charge in [-0.05, 0) is 57.2 Å². The van der Waals surface area contributed by atoms with Crippen LogP contribution in [0.15, 0.2) is 60.7 Å². The first kappa shape index (κ1) is 21.4. The average molecular weight is 417 g/mol. The van der Waals surface area contributed by atoms with E-state index in [1.54, 1.807) is 25.5 Å². The molecule has 1 aromatic heterocycles. The van der Waals surface area contributed by atoms with Crippen molar-refractivity contribution in [2.24, 2.45) is 0 Å². The molecular formula is C22H22F3N3O2. The molecular weight excluding hydrogens is 395 g/mol. The van der Waals surface area contributed by atoms with Crippen LogP contribution < -0.4 is 5.32 Å². The molecule has 5 nitrogen and oxygen atoms in total. The Morgan fingerprint density at radius 2 is 1.73 bits per heavy atom. The number of fused-ring (bicyclic) bond motifs is 1. The highest BCUT2D eigenvalue weighted by molar-refractivity contribution is 5.93. The van der Waals surface area contributed by atoms with Crippen molar-refractivity contribution in [1.82, 2.24) is 9.78 Å². The summed E-state index contributed by atoms with van der Waals surface area (Å²) >= 11 is 0. The van der Waals surface area contributed by atoms with Crippen LogP contribution in [0.4, 0.5) is 19.0 Å². The maximum atomic E-state index is 12.8. The Bertz CT molecular complexity index is 1080. The fraction of sp³-hybridized carbons (Fsp3) is 0.273. The quantitative estimate of drug-likeness (QED) is 0.449. The molecule has 0 saturated carbocycles. The van der Waals surface area contributed by atoms with E-state index in [1.807, 2.05) is 24.3 Å². The van der Waals surface area contributed by atoms with Crippen LogP contribution >= 0.6 is 0 Å². The summed E-state index contributed by atoms with van der Waals surface area (Å²) < 4.78 is 45.4. The van der Waals surface area contributed by atoms with E-state index in [2.05, 4.69) is 17.0 Å². The van der Waals surface area contributed by atoms with E-state index in [9.17, 15) is 18.0 Å². The highest BCUT2D eigenvalue weighted by Crippen LogP contribution is 2.31. The number of carbonyl (C=O) groups excluding carboxylic acids is 1. The van der Waals surface area contributed by atoms with Gasteiger partial charge in [-0.2, -0.15) is 13.2 Å². The van der Waals surface area contributed by atoms with Gasteiger partial charge in [-0.25, -0.2) is 9.48 Å². The van der Waals surface area contributed by atoms with Crippen LogP contribution in [0.1, 0.15) is 26.3 Å². The Hall–Kier alpha value is -3.29. The standard InChI is InChI=1S/C22H22F3N3O2/c1-14(20(29)30-21(2,3)4)13-26-19-17-7-5-6-8-18(17)28(27-19)16-11-9-15(10-12-16)22(23,24)25/h5-12H,1,13H2,2-4H3,(H,26,27). The van der Waals surface area contributed by atoms with Crippen molar-refractivity contribution < 1.29 is 22.7 Å². The third kappa shape index (κ3) is 4.82. The lowest BCUT2D eigenvalue weighted by Crippen LogP contribution is -2.26. The molecule has 0 saturated heterocycles. The fourth-order valence-corrected chi connectivity index (χ4v) is 2.80. The highest BCUT2D eigenvalue weighted by Gasteiger charge is 2.30. The summed E-state index contributed by atoms with van der Waals surface area (Å²) in [7, 11) is 0. The molecule has 0 fully saturated rings. The van der Waals surface area contributed by atoms with E-state index in [-0.39, 0.29) is 12.1 Å². The molecule has 0 aliphatic heterocycles. The summed E-state index contributed by atoms with van der Waals surface area (Å²) in [4.78, 5) is 12.1. The van der Waals surface area contributed by atoms with Crippen molar-refractivity contribution in [3.63, 3.8) is 0 Å². The van der Waals surface area contributed by atoms with Crippen LogP contribution in [-0.4, -0.2) is 27.9 Å². The van der Waals surface area contributed by atoms with E-state index in [0.29, 0.717) is 17.0 Å². The number of rotatable bonds is 5. The number of carbonyl (C=O) groups is 1. The van der Waals surface area contributed by atoms with Crippen molar-refractivity contribution in [1.29, 1.82) is 0 Å². The number of ether oxygens (including phenoxy) is 1. The van der Waals surface area contributed by atoms with Gasteiger partial charge < -0.3 is 10.1 Å². The second-order valence-corrected chi connectivity index (χ2v) is 7.78. The largest absolute Gasteiger partial charge is 0.457 e. The number of nitrogens with one attached hydrogen (secondary N) is 1. The zero-order valence-electron chi connectivity index (χ0n) is 16.9. The Balaban J connectivity index is 1.86. The van der Waals surface area contributed by atoms with Crippen LogP contribution in [0.2, 0.25) is 0 Å².